The van der Waals surface area contributed by atoms with Crippen LogP contribution < -0.4 is 4.74 Å². The van der Waals surface area contributed by atoms with Crippen LogP contribution in [0.2, 0.25) is 5.02 Å². The number of rotatable bonds is 9. The maximum absolute atomic E-state index is 13.5. The smallest absolute Gasteiger partial charge is 0.311 e. The first-order chi connectivity index (χ1) is 10.9. The second-order valence-electron chi connectivity index (χ2n) is 5.46. The molecule has 0 aromatic heterocycles. The standard InChI is InChI=1S/C17H22ClFO4/c1-3-6-12(2)11-22-15(20)9-5-10-16(21)23-17-13(18)7-4-8-14(17)19/h4,7-8,12H,3,5-6,9-11H2,1-2H3. The lowest BCUT2D eigenvalue weighted by Gasteiger charge is -2.10. The maximum Gasteiger partial charge on any atom is 0.311 e. The van der Waals surface area contributed by atoms with E-state index in [1.807, 2.05) is 6.92 Å². The summed E-state index contributed by atoms with van der Waals surface area (Å²) < 4.78 is 23.5. The van der Waals surface area contributed by atoms with Gasteiger partial charge in [-0.3, -0.25) is 9.59 Å². The van der Waals surface area contributed by atoms with Gasteiger partial charge in [-0.15, -0.1) is 0 Å². The fraction of sp³-hybridized carbons (Fsp3) is 0.529. The molecule has 1 unspecified atom stereocenters. The van der Waals surface area contributed by atoms with Crippen molar-refractivity contribution in [3.8, 4) is 5.75 Å². The first-order valence-electron chi connectivity index (χ1n) is 7.74. The minimum atomic E-state index is -0.699. The number of hydrogen-bond donors (Lipinski definition) is 0. The van der Waals surface area contributed by atoms with Crippen LogP contribution in [0.4, 0.5) is 4.39 Å². The molecule has 0 aliphatic heterocycles. The van der Waals surface area contributed by atoms with E-state index in [4.69, 9.17) is 21.1 Å². The van der Waals surface area contributed by atoms with Gasteiger partial charge in [-0.2, -0.15) is 0 Å². The highest BCUT2D eigenvalue weighted by molar-refractivity contribution is 6.32. The van der Waals surface area contributed by atoms with Crippen molar-refractivity contribution in [2.24, 2.45) is 5.92 Å². The summed E-state index contributed by atoms with van der Waals surface area (Å²) in [7, 11) is 0. The molecular formula is C17H22ClFO4. The first kappa shape index (κ1) is 19.4. The summed E-state index contributed by atoms with van der Waals surface area (Å²) >= 11 is 5.76. The Balaban J connectivity index is 2.27. The van der Waals surface area contributed by atoms with Crippen LogP contribution >= 0.6 is 11.6 Å². The van der Waals surface area contributed by atoms with Crippen LogP contribution in [0.25, 0.3) is 0 Å². The van der Waals surface area contributed by atoms with Gasteiger partial charge in [0, 0.05) is 12.8 Å². The van der Waals surface area contributed by atoms with E-state index < -0.39 is 11.8 Å². The highest BCUT2D eigenvalue weighted by Gasteiger charge is 2.14. The Bertz CT molecular complexity index is 513. The molecular weight excluding hydrogens is 323 g/mol. The number of para-hydroxylation sites is 1. The Morgan fingerprint density at radius 1 is 1.26 bits per heavy atom. The van der Waals surface area contributed by atoms with Gasteiger partial charge in [-0.1, -0.05) is 37.9 Å². The Kier molecular flexibility index (Phi) is 8.62. The number of hydrogen-bond acceptors (Lipinski definition) is 4. The van der Waals surface area contributed by atoms with Gasteiger partial charge in [0.2, 0.25) is 0 Å². The lowest BCUT2D eigenvalue weighted by molar-refractivity contribution is -0.145. The van der Waals surface area contributed by atoms with Crippen molar-refractivity contribution in [1.29, 1.82) is 0 Å². The quantitative estimate of drug-likeness (QED) is 0.487. The Hall–Kier alpha value is -1.62. The zero-order valence-electron chi connectivity index (χ0n) is 13.4. The minimum Gasteiger partial charge on any atom is -0.465 e. The zero-order valence-corrected chi connectivity index (χ0v) is 14.2. The molecule has 0 saturated carbocycles. The van der Waals surface area contributed by atoms with Crippen LogP contribution in [-0.2, 0) is 14.3 Å². The molecule has 1 aromatic rings. The van der Waals surface area contributed by atoms with E-state index in [2.05, 4.69) is 6.92 Å². The van der Waals surface area contributed by atoms with Crippen LogP contribution in [-0.4, -0.2) is 18.5 Å². The number of carbonyl (C=O) groups is 2. The SMILES string of the molecule is CCCC(C)COC(=O)CCCC(=O)Oc1c(F)cccc1Cl. The molecule has 1 atom stereocenters. The van der Waals surface area contributed by atoms with Gasteiger partial charge in [-0.25, -0.2) is 4.39 Å². The molecule has 1 aromatic carbocycles. The van der Waals surface area contributed by atoms with Crippen molar-refractivity contribution in [3.05, 3.63) is 29.0 Å². The van der Waals surface area contributed by atoms with E-state index in [0.29, 0.717) is 12.5 Å². The predicted octanol–water partition coefficient (Wildman–Crippen LogP) is 4.53. The molecule has 0 aliphatic carbocycles. The lowest BCUT2D eigenvalue weighted by atomic mass is 10.1. The van der Waals surface area contributed by atoms with Crippen molar-refractivity contribution in [1.82, 2.24) is 0 Å². The number of carbonyl (C=O) groups excluding carboxylic acids is 2. The average Bonchev–Trinajstić information content (AvgIpc) is 2.49. The van der Waals surface area contributed by atoms with E-state index in [9.17, 15) is 14.0 Å². The molecule has 0 radical (unpaired) electrons. The van der Waals surface area contributed by atoms with Crippen molar-refractivity contribution < 1.29 is 23.5 Å². The molecule has 0 heterocycles. The Morgan fingerprint density at radius 2 is 1.96 bits per heavy atom. The van der Waals surface area contributed by atoms with Crippen molar-refractivity contribution in [2.45, 2.75) is 46.0 Å². The van der Waals surface area contributed by atoms with E-state index in [0.717, 1.165) is 18.9 Å². The van der Waals surface area contributed by atoms with Crippen molar-refractivity contribution in [2.75, 3.05) is 6.61 Å². The summed E-state index contributed by atoms with van der Waals surface area (Å²) in [5.74, 6) is -1.63. The summed E-state index contributed by atoms with van der Waals surface area (Å²) in [5.41, 5.74) is 0. The van der Waals surface area contributed by atoms with Crippen molar-refractivity contribution >= 4 is 23.5 Å². The zero-order chi connectivity index (χ0) is 17.2. The highest BCUT2D eigenvalue weighted by Crippen LogP contribution is 2.27. The van der Waals surface area contributed by atoms with Crippen LogP contribution in [0.15, 0.2) is 18.2 Å². The van der Waals surface area contributed by atoms with Crippen LogP contribution in [0.1, 0.15) is 46.0 Å². The molecule has 23 heavy (non-hydrogen) atoms. The van der Waals surface area contributed by atoms with Gasteiger partial charge in [0.1, 0.15) is 0 Å². The molecule has 0 amide bonds. The number of benzene rings is 1. The first-order valence-corrected chi connectivity index (χ1v) is 8.12. The van der Waals surface area contributed by atoms with Gasteiger partial charge in [0.25, 0.3) is 0 Å². The maximum atomic E-state index is 13.5. The van der Waals surface area contributed by atoms with Crippen LogP contribution in [0, 0.1) is 11.7 Å². The fourth-order valence-electron chi connectivity index (χ4n) is 2.01. The second-order valence-corrected chi connectivity index (χ2v) is 5.86. The third kappa shape index (κ3) is 7.46. The third-order valence-corrected chi connectivity index (χ3v) is 3.50. The largest absolute Gasteiger partial charge is 0.465 e. The van der Waals surface area contributed by atoms with Gasteiger partial charge >= 0.3 is 11.9 Å². The van der Waals surface area contributed by atoms with Crippen LogP contribution in [0.3, 0.4) is 0 Å². The minimum absolute atomic E-state index is 0.00965. The predicted molar refractivity (Wildman–Crippen MR) is 85.9 cm³/mol. The summed E-state index contributed by atoms with van der Waals surface area (Å²) in [6.07, 6.45) is 2.45. The lowest BCUT2D eigenvalue weighted by Crippen LogP contribution is -2.13. The summed E-state index contributed by atoms with van der Waals surface area (Å²) in [6, 6.07) is 4.01. The molecule has 0 saturated heterocycles. The van der Waals surface area contributed by atoms with Gasteiger partial charge < -0.3 is 9.47 Å². The molecule has 0 aliphatic rings. The summed E-state index contributed by atoms with van der Waals surface area (Å²) in [6.45, 7) is 4.49. The molecule has 4 nitrogen and oxygen atoms in total. The van der Waals surface area contributed by atoms with Gasteiger partial charge in [0.05, 0.1) is 11.6 Å². The van der Waals surface area contributed by atoms with E-state index in [1.54, 1.807) is 0 Å². The normalized spacial score (nSPS) is 11.8. The highest BCUT2D eigenvalue weighted by atomic mass is 35.5. The molecule has 0 N–H and O–H groups in total. The van der Waals surface area contributed by atoms with Gasteiger partial charge in [-0.05, 0) is 30.9 Å². The number of halogens is 2. The molecule has 0 fully saturated rings. The topological polar surface area (TPSA) is 52.6 Å². The number of esters is 2. The van der Waals surface area contributed by atoms with E-state index in [1.165, 1.54) is 12.1 Å². The second kappa shape index (κ2) is 10.2. The monoisotopic (exact) mass is 344 g/mol. The van der Waals surface area contributed by atoms with E-state index >= 15 is 0 Å². The molecule has 128 valence electrons. The average molecular weight is 345 g/mol. The number of ether oxygens (including phenoxy) is 2. The molecule has 1 rings (SSSR count). The summed E-state index contributed by atoms with van der Waals surface area (Å²) in [5, 5.41) is 0.0303. The Labute approximate surface area is 140 Å². The van der Waals surface area contributed by atoms with Crippen LogP contribution in [0.5, 0.6) is 5.75 Å². The third-order valence-electron chi connectivity index (χ3n) is 3.21. The van der Waals surface area contributed by atoms with E-state index in [-0.39, 0.29) is 36.0 Å². The molecule has 0 bridgehead atoms. The molecule has 0 spiro atoms. The van der Waals surface area contributed by atoms with Gasteiger partial charge in [0.15, 0.2) is 11.6 Å². The summed E-state index contributed by atoms with van der Waals surface area (Å²) in [4.78, 5) is 23.2. The molecule has 6 heteroatoms. The van der Waals surface area contributed by atoms with Crippen molar-refractivity contribution in [3.63, 3.8) is 0 Å². The Morgan fingerprint density at radius 3 is 2.61 bits per heavy atom. The fourth-order valence-corrected chi connectivity index (χ4v) is 2.21.